The van der Waals surface area contributed by atoms with Gasteiger partial charge in [0.05, 0.1) is 10.7 Å². The summed E-state index contributed by atoms with van der Waals surface area (Å²) in [6, 6.07) is 4.62. The van der Waals surface area contributed by atoms with Gasteiger partial charge in [-0.2, -0.15) is 0 Å². The van der Waals surface area contributed by atoms with Gasteiger partial charge in [0.1, 0.15) is 18.0 Å². The maximum atomic E-state index is 13.2. The van der Waals surface area contributed by atoms with Gasteiger partial charge in [-0.15, -0.1) is 0 Å². The Kier molecular flexibility index (Phi) is 4.32. The molecule has 100 valence electrons. The molecule has 19 heavy (non-hydrogen) atoms. The monoisotopic (exact) mass is 279 g/mol. The second kappa shape index (κ2) is 5.97. The van der Waals surface area contributed by atoms with Crippen molar-refractivity contribution in [3.05, 3.63) is 40.9 Å². The zero-order chi connectivity index (χ0) is 13.8. The van der Waals surface area contributed by atoms with Gasteiger partial charge in [0.15, 0.2) is 0 Å². The molecular formula is C14H15ClFN3. The van der Waals surface area contributed by atoms with Crippen LogP contribution in [0, 0.1) is 5.82 Å². The van der Waals surface area contributed by atoms with E-state index in [-0.39, 0.29) is 5.02 Å². The lowest BCUT2D eigenvalue weighted by molar-refractivity contribution is 0.628. The van der Waals surface area contributed by atoms with Crippen molar-refractivity contribution >= 4 is 17.4 Å². The van der Waals surface area contributed by atoms with Crippen LogP contribution < -0.4 is 5.32 Å². The average Bonchev–Trinajstić information content (AvgIpc) is 2.42. The van der Waals surface area contributed by atoms with E-state index in [1.165, 1.54) is 12.4 Å². The number of nitrogens with zero attached hydrogens (tertiary/aromatic N) is 2. The van der Waals surface area contributed by atoms with Crippen LogP contribution in [0.1, 0.15) is 19.4 Å². The second-order valence-corrected chi connectivity index (χ2v) is 4.47. The van der Waals surface area contributed by atoms with Crippen LogP contribution in [-0.2, 0) is 6.42 Å². The first-order valence-electron chi connectivity index (χ1n) is 6.20. The molecular weight excluding hydrogens is 265 g/mol. The van der Waals surface area contributed by atoms with Crippen molar-refractivity contribution in [1.29, 1.82) is 0 Å². The third-order valence-electron chi connectivity index (χ3n) is 2.84. The zero-order valence-electron chi connectivity index (χ0n) is 10.9. The number of hydrogen-bond acceptors (Lipinski definition) is 3. The van der Waals surface area contributed by atoms with Crippen LogP contribution in [0.25, 0.3) is 11.3 Å². The Balaban J connectivity index is 2.54. The molecule has 0 bridgehead atoms. The second-order valence-electron chi connectivity index (χ2n) is 4.06. The van der Waals surface area contributed by atoms with E-state index in [1.54, 1.807) is 12.1 Å². The molecule has 1 heterocycles. The quantitative estimate of drug-likeness (QED) is 0.921. The number of hydrogen-bond donors (Lipinski definition) is 1. The van der Waals surface area contributed by atoms with Crippen molar-refractivity contribution in [3.8, 4) is 11.3 Å². The highest BCUT2D eigenvalue weighted by atomic mass is 35.5. The van der Waals surface area contributed by atoms with Crippen LogP contribution in [-0.4, -0.2) is 16.5 Å². The van der Waals surface area contributed by atoms with Crippen LogP contribution in [0.5, 0.6) is 0 Å². The number of halogens is 2. The molecule has 0 fully saturated rings. The van der Waals surface area contributed by atoms with Crippen molar-refractivity contribution < 1.29 is 4.39 Å². The maximum Gasteiger partial charge on any atom is 0.141 e. The standard InChI is InChI=1S/C14H15ClFN3/c1-3-10-13(18-8-19-14(10)17-4-2)9-5-6-12(16)11(15)7-9/h5-8H,3-4H2,1-2H3,(H,17,18,19). The molecule has 0 aliphatic rings. The van der Waals surface area contributed by atoms with Gasteiger partial charge in [0.2, 0.25) is 0 Å². The molecule has 2 aromatic rings. The van der Waals surface area contributed by atoms with E-state index in [1.807, 2.05) is 13.8 Å². The van der Waals surface area contributed by atoms with E-state index in [2.05, 4.69) is 15.3 Å². The minimum atomic E-state index is -0.426. The van der Waals surface area contributed by atoms with E-state index in [0.717, 1.165) is 35.6 Å². The molecule has 0 atom stereocenters. The van der Waals surface area contributed by atoms with Gasteiger partial charge in [-0.1, -0.05) is 18.5 Å². The molecule has 0 aliphatic heterocycles. The summed E-state index contributed by atoms with van der Waals surface area (Å²) in [7, 11) is 0. The molecule has 5 heteroatoms. The summed E-state index contributed by atoms with van der Waals surface area (Å²) in [4.78, 5) is 8.54. The van der Waals surface area contributed by atoms with Crippen molar-refractivity contribution in [3.63, 3.8) is 0 Å². The summed E-state index contributed by atoms with van der Waals surface area (Å²) in [5, 5.41) is 3.31. The van der Waals surface area contributed by atoms with Crippen molar-refractivity contribution in [2.75, 3.05) is 11.9 Å². The van der Waals surface area contributed by atoms with Crippen LogP contribution in [0.2, 0.25) is 5.02 Å². The third kappa shape index (κ3) is 2.84. The van der Waals surface area contributed by atoms with Crippen molar-refractivity contribution in [1.82, 2.24) is 9.97 Å². The third-order valence-corrected chi connectivity index (χ3v) is 3.13. The Bertz CT molecular complexity index is 587. The van der Waals surface area contributed by atoms with E-state index in [0.29, 0.717) is 0 Å². The van der Waals surface area contributed by atoms with Crippen LogP contribution >= 0.6 is 11.6 Å². The van der Waals surface area contributed by atoms with Crippen molar-refractivity contribution in [2.24, 2.45) is 0 Å². The lowest BCUT2D eigenvalue weighted by Crippen LogP contribution is -2.05. The minimum absolute atomic E-state index is 0.100. The van der Waals surface area contributed by atoms with Crippen molar-refractivity contribution in [2.45, 2.75) is 20.3 Å². The molecule has 0 saturated carbocycles. The van der Waals surface area contributed by atoms with Crippen LogP contribution in [0.4, 0.5) is 10.2 Å². The number of rotatable bonds is 4. The molecule has 1 aromatic carbocycles. The molecule has 0 saturated heterocycles. The molecule has 1 aromatic heterocycles. The van der Waals surface area contributed by atoms with Gasteiger partial charge in [-0.05, 0) is 31.5 Å². The van der Waals surface area contributed by atoms with E-state index < -0.39 is 5.82 Å². The van der Waals surface area contributed by atoms with Gasteiger partial charge in [-0.3, -0.25) is 0 Å². The number of aromatic nitrogens is 2. The van der Waals surface area contributed by atoms with Gasteiger partial charge in [0.25, 0.3) is 0 Å². The molecule has 1 N–H and O–H groups in total. The first kappa shape index (κ1) is 13.7. The highest BCUT2D eigenvalue weighted by molar-refractivity contribution is 6.31. The summed E-state index contributed by atoms with van der Waals surface area (Å²) in [6.45, 7) is 4.83. The number of nitrogens with one attached hydrogen (secondary N) is 1. The fourth-order valence-electron chi connectivity index (χ4n) is 1.96. The molecule has 0 unspecified atom stereocenters. The fourth-order valence-corrected chi connectivity index (χ4v) is 2.14. The summed E-state index contributed by atoms with van der Waals surface area (Å²) < 4.78 is 13.2. The number of benzene rings is 1. The predicted octanol–water partition coefficient (Wildman–Crippen LogP) is 3.93. The molecule has 0 amide bonds. The maximum absolute atomic E-state index is 13.2. The van der Waals surface area contributed by atoms with E-state index in [9.17, 15) is 4.39 Å². The van der Waals surface area contributed by atoms with E-state index in [4.69, 9.17) is 11.6 Å². The topological polar surface area (TPSA) is 37.8 Å². The smallest absolute Gasteiger partial charge is 0.141 e. The van der Waals surface area contributed by atoms with Crippen LogP contribution in [0.3, 0.4) is 0 Å². The minimum Gasteiger partial charge on any atom is -0.370 e. The highest BCUT2D eigenvalue weighted by Crippen LogP contribution is 2.28. The normalized spacial score (nSPS) is 10.5. The highest BCUT2D eigenvalue weighted by Gasteiger charge is 2.12. The Morgan fingerprint density at radius 3 is 2.68 bits per heavy atom. The summed E-state index contributed by atoms with van der Waals surface area (Å²) in [6.07, 6.45) is 2.29. The SMILES string of the molecule is CCNc1ncnc(-c2ccc(F)c(Cl)c2)c1CC. The van der Waals surface area contributed by atoms with Gasteiger partial charge in [-0.25, -0.2) is 14.4 Å². The first-order chi connectivity index (χ1) is 9.17. The zero-order valence-corrected chi connectivity index (χ0v) is 11.6. The number of anilines is 1. The first-order valence-corrected chi connectivity index (χ1v) is 6.58. The Morgan fingerprint density at radius 1 is 1.26 bits per heavy atom. The molecule has 0 aliphatic carbocycles. The average molecular weight is 280 g/mol. The largest absolute Gasteiger partial charge is 0.370 e. The van der Waals surface area contributed by atoms with Gasteiger partial charge < -0.3 is 5.32 Å². The Hall–Kier alpha value is -1.68. The summed E-state index contributed by atoms with van der Waals surface area (Å²) in [5.74, 6) is 0.389. The molecule has 0 spiro atoms. The molecule has 2 rings (SSSR count). The Morgan fingerprint density at radius 2 is 2.05 bits per heavy atom. The van der Waals surface area contributed by atoms with Crippen LogP contribution in [0.15, 0.2) is 24.5 Å². The Labute approximate surface area is 116 Å². The van der Waals surface area contributed by atoms with E-state index >= 15 is 0 Å². The van der Waals surface area contributed by atoms with Gasteiger partial charge >= 0.3 is 0 Å². The molecule has 0 radical (unpaired) electrons. The lowest BCUT2D eigenvalue weighted by Gasteiger charge is -2.12. The summed E-state index contributed by atoms with van der Waals surface area (Å²) in [5.41, 5.74) is 2.59. The lowest BCUT2D eigenvalue weighted by atomic mass is 10.0. The molecule has 3 nitrogen and oxygen atoms in total. The van der Waals surface area contributed by atoms with Gasteiger partial charge in [0, 0.05) is 17.7 Å². The fraction of sp³-hybridized carbons (Fsp3) is 0.286. The predicted molar refractivity (Wildman–Crippen MR) is 76.0 cm³/mol. The summed E-state index contributed by atoms with van der Waals surface area (Å²) >= 11 is 5.83.